The van der Waals surface area contributed by atoms with Crippen molar-refractivity contribution in [1.82, 2.24) is 25.8 Å². The van der Waals surface area contributed by atoms with Crippen molar-refractivity contribution in [1.29, 1.82) is 0 Å². The average molecular weight is 362 g/mol. The lowest BCUT2D eigenvalue weighted by atomic mass is 10.2. The van der Waals surface area contributed by atoms with E-state index in [0.29, 0.717) is 12.2 Å². The maximum absolute atomic E-state index is 13.9. The largest absolute Gasteiger partial charge is 0.367 e. The second-order valence-corrected chi connectivity index (χ2v) is 6.95. The Bertz CT molecular complexity index is 708. The first-order valence-corrected chi connectivity index (χ1v) is 8.84. The maximum Gasteiger partial charge on any atom is 0.325 e. The van der Waals surface area contributed by atoms with Gasteiger partial charge in [0.1, 0.15) is 18.0 Å². The molecule has 0 aliphatic carbocycles. The molecule has 1 aromatic carbocycles. The molecule has 140 valence electrons. The van der Waals surface area contributed by atoms with Crippen LogP contribution in [0.3, 0.4) is 0 Å². The number of nitrogens with zero attached hydrogens (tertiary/aromatic N) is 3. The summed E-state index contributed by atoms with van der Waals surface area (Å²) in [6, 6.07) is 6.01. The number of hydrogen-bond acceptors (Lipinski definition) is 6. The molecular formula is C17H23FN6O2. The number of anilines is 1. The van der Waals surface area contributed by atoms with Gasteiger partial charge < -0.3 is 9.80 Å². The number of rotatable bonds is 3. The smallest absolute Gasteiger partial charge is 0.325 e. The first kappa shape index (κ1) is 17.2. The van der Waals surface area contributed by atoms with E-state index in [-0.39, 0.29) is 30.1 Å². The number of piperazine rings is 1. The quantitative estimate of drug-likeness (QED) is 0.663. The van der Waals surface area contributed by atoms with Gasteiger partial charge in [0.05, 0.1) is 11.9 Å². The highest BCUT2D eigenvalue weighted by Crippen LogP contribution is 2.20. The number of carbonyl (C=O) groups excluding carboxylic acids is 2. The van der Waals surface area contributed by atoms with Crippen molar-refractivity contribution in [3.8, 4) is 0 Å². The Balaban J connectivity index is 1.32. The third-order valence-electron chi connectivity index (χ3n) is 5.32. The van der Waals surface area contributed by atoms with E-state index in [2.05, 4.69) is 25.8 Å². The van der Waals surface area contributed by atoms with Crippen molar-refractivity contribution in [3.05, 3.63) is 30.1 Å². The van der Waals surface area contributed by atoms with Gasteiger partial charge in [-0.15, -0.1) is 0 Å². The molecule has 0 aromatic heterocycles. The summed E-state index contributed by atoms with van der Waals surface area (Å²) in [6.07, 6.45) is -0.412. The van der Waals surface area contributed by atoms with Crippen LogP contribution in [0.4, 0.5) is 14.9 Å². The average Bonchev–Trinajstić information content (AvgIpc) is 3.06. The van der Waals surface area contributed by atoms with Gasteiger partial charge in [-0.05, 0) is 12.1 Å². The van der Waals surface area contributed by atoms with Crippen LogP contribution in [0.1, 0.15) is 0 Å². The molecule has 3 heterocycles. The number of hydrogen-bond donors (Lipinski definition) is 3. The van der Waals surface area contributed by atoms with E-state index < -0.39 is 6.04 Å². The first-order valence-electron chi connectivity index (χ1n) is 8.84. The summed E-state index contributed by atoms with van der Waals surface area (Å²) >= 11 is 0. The van der Waals surface area contributed by atoms with Crippen LogP contribution in [0.25, 0.3) is 0 Å². The third kappa shape index (κ3) is 3.13. The van der Waals surface area contributed by atoms with Gasteiger partial charge >= 0.3 is 6.03 Å². The minimum Gasteiger partial charge on any atom is -0.367 e. The summed E-state index contributed by atoms with van der Waals surface area (Å²) in [6.45, 7) is 3.83. The number of imide groups is 1. The lowest BCUT2D eigenvalue weighted by Gasteiger charge is -2.37. The topological polar surface area (TPSA) is 80.0 Å². The number of carbonyl (C=O) groups is 2. The lowest BCUT2D eigenvalue weighted by Crippen LogP contribution is -2.64. The zero-order valence-electron chi connectivity index (χ0n) is 14.6. The number of likely N-dealkylation sites (N-methyl/N-ethyl adjacent to an activating group) is 1. The number of amides is 3. The molecule has 3 aliphatic rings. The van der Waals surface area contributed by atoms with Gasteiger partial charge in [0.25, 0.3) is 0 Å². The zero-order chi connectivity index (χ0) is 18.3. The fourth-order valence-corrected chi connectivity index (χ4v) is 3.85. The van der Waals surface area contributed by atoms with Gasteiger partial charge in [-0.1, -0.05) is 12.1 Å². The van der Waals surface area contributed by atoms with Crippen molar-refractivity contribution in [2.24, 2.45) is 0 Å². The number of fused-ring (bicyclic) bond motifs is 1. The van der Waals surface area contributed by atoms with E-state index in [0.717, 1.165) is 26.2 Å². The van der Waals surface area contributed by atoms with Gasteiger partial charge in [0.2, 0.25) is 5.91 Å². The Morgan fingerprint density at radius 2 is 1.85 bits per heavy atom. The van der Waals surface area contributed by atoms with Gasteiger partial charge in [-0.2, -0.15) is 0 Å². The summed E-state index contributed by atoms with van der Waals surface area (Å²) in [7, 11) is 1.67. The van der Waals surface area contributed by atoms with E-state index in [9.17, 15) is 14.0 Å². The number of benzene rings is 1. The number of nitrogens with one attached hydrogen (secondary N) is 3. The van der Waals surface area contributed by atoms with Crippen LogP contribution >= 0.6 is 0 Å². The summed E-state index contributed by atoms with van der Waals surface area (Å²) in [5.74, 6) is -0.486. The summed E-state index contributed by atoms with van der Waals surface area (Å²) in [5, 5.41) is 8.92. The molecule has 0 radical (unpaired) electrons. The summed E-state index contributed by atoms with van der Waals surface area (Å²) in [4.78, 5) is 29.5. The van der Waals surface area contributed by atoms with E-state index >= 15 is 0 Å². The molecule has 3 fully saturated rings. The Hall–Kier alpha value is -2.23. The van der Waals surface area contributed by atoms with E-state index in [1.165, 1.54) is 11.0 Å². The minimum absolute atomic E-state index is 0.0795. The van der Waals surface area contributed by atoms with Crippen LogP contribution in [0.2, 0.25) is 0 Å². The highest BCUT2D eigenvalue weighted by Gasteiger charge is 2.46. The summed E-state index contributed by atoms with van der Waals surface area (Å²) < 4.78 is 13.9. The fraction of sp³-hybridized carbons (Fsp3) is 0.529. The predicted octanol–water partition coefficient (Wildman–Crippen LogP) is -0.657. The Labute approximate surface area is 151 Å². The molecule has 1 aromatic rings. The van der Waals surface area contributed by atoms with Crippen molar-refractivity contribution >= 4 is 17.6 Å². The second-order valence-electron chi connectivity index (χ2n) is 6.95. The van der Waals surface area contributed by atoms with Gasteiger partial charge in [0, 0.05) is 39.8 Å². The van der Waals surface area contributed by atoms with Crippen LogP contribution in [-0.4, -0.2) is 79.9 Å². The molecule has 3 amide bonds. The van der Waals surface area contributed by atoms with Crippen molar-refractivity contribution in [2.75, 3.05) is 44.7 Å². The third-order valence-corrected chi connectivity index (χ3v) is 5.32. The molecule has 0 bridgehead atoms. The van der Waals surface area contributed by atoms with Crippen molar-refractivity contribution in [2.45, 2.75) is 18.4 Å². The molecule has 3 unspecified atom stereocenters. The molecule has 3 N–H and O–H groups in total. The van der Waals surface area contributed by atoms with Crippen LogP contribution in [0, 0.1) is 5.82 Å². The standard InChI is InChI=1S/C17H23FN6O2/c1-22-15-14(16(25)21-17(22)26)19-13(20-15)10-23-6-8-24(9-7-23)12-5-3-2-4-11(12)18/h2-5,13-15,19-20H,6-10H2,1H3,(H,21,25,26). The van der Waals surface area contributed by atoms with Gasteiger partial charge in [0.15, 0.2) is 0 Å². The Kier molecular flexibility index (Phi) is 4.51. The zero-order valence-corrected chi connectivity index (χ0v) is 14.6. The SMILES string of the molecule is CN1C(=O)NC(=O)C2NC(CN3CCN(c4ccccc4F)CC3)NC21. The first-order chi connectivity index (χ1) is 12.5. The second kappa shape index (κ2) is 6.82. The number of halogens is 1. The highest BCUT2D eigenvalue weighted by atomic mass is 19.1. The molecule has 3 aliphatic heterocycles. The van der Waals surface area contributed by atoms with E-state index in [1.54, 1.807) is 19.2 Å². The monoisotopic (exact) mass is 362 g/mol. The fourth-order valence-electron chi connectivity index (χ4n) is 3.85. The molecule has 0 saturated carbocycles. The molecule has 9 heteroatoms. The van der Waals surface area contributed by atoms with Crippen LogP contribution < -0.4 is 20.9 Å². The van der Waals surface area contributed by atoms with Crippen LogP contribution in [0.5, 0.6) is 0 Å². The Morgan fingerprint density at radius 1 is 1.12 bits per heavy atom. The molecule has 0 spiro atoms. The molecule has 26 heavy (non-hydrogen) atoms. The lowest BCUT2D eigenvalue weighted by molar-refractivity contribution is -0.124. The molecule has 3 atom stereocenters. The molecule has 8 nitrogen and oxygen atoms in total. The minimum atomic E-state index is -0.442. The normalized spacial score (nSPS) is 29.7. The Morgan fingerprint density at radius 3 is 2.58 bits per heavy atom. The summed E-state index contributed by atoms with van der Waals surface area (Å²) in [5.41, 5.74) is 0.645. The van der Waals surface area contributed by atoms with Gasteiger partial charge in [-0.3, -0.25) is 25.6 Å². The molecule has 3 saturated heterocycles. The van der Waals surface area contributed by atoms with E-state index in [1.807, 2.05) is 6.07 Å². The molecule has 4 rings (SSSR count). The van der Waals surface area contributed by atoms with E-state index in [4.69, 9.17) is 0 Å². The maximum atomic E-state index is 13.9. The predicted molar refractivity (Wildman–Crippen MR) is 94.0 cm³/mol. The van der Waals surface area contributed by atoms with Crippen molar-refractivity contribution < 1.29 is 14.0 Å². The molecular weight excluding hydrogens is 339 g/mol. The highest BCUT2D eigenvalue weighted by molar-refractivity contribution is 6.00. The number of para-hydroxylation sites is 1. The number of urea groups is 1. The van der Waals surface area contributed by atoms with Crippen molar-refractivity contribution in [3.63, 3.8) is 0 Å². The van der Waals surface area contributed by atoms with Crippen LogP contribution in [0.15, 0.2) is 24.3 Å². The van der Waals surface area contributed by atoms with Gasteiger partial charge in [-0.25, -0.2) is 9.18 Å². The van der Waals surface area contributed by atoms with Crippen LogP contribution in [-0.2, 0) is 4.79 Å².